The minimum Gasteiger partial charge on any atom is -0.193 e. The molecule has 0 saturated heterocycles. The summed E-state index contributed by atoms with van der Waals surface area (Å²) in [6, 6.07) is 2.09. The van der Waals surface area contributed by atoms with Crippen molar-refractivity contribution < 1.29 is 0 Å². The van der Waals surface area contributed by atoms with Crippen molar-refractivity contribution in [2.75, 3.05) is 0 Å². The Hall–Kier alpha value is -0.770. The molecule has 124 valence electrons. The topological polar surface area (TPSA) is 23.8 Å². The van der Waals surface area contributed by atoms with Crippen molar-refractivity contribution in [1.29, 1.82) is 5.26 Å². The normalized spacial score (nSPS) is 32.9. The van der Waals surface area contributed by atoms with Crippen LogP contribution < -0.4 is 0 Å². The molecule has 0 bridgehead atoms. The minimum absolute atomic E-state index is 0.930. The van der Waals surface area contributed by atoms with Gasteiger partial charge in [-0.15, -0.1) is 0 Å². The minimum atomic E-state index is 0.930. The lowest BCUT2D eigenvalue weighted by Gasteiger charge is -2.31. The molecule has 0 spiro atoms. The summed E-state index contributed by atoms with van der Waals surface area (Å²) in [6.07, 6.45) is 22.3. The lowest BCUT2D eigenvalue weighted by Crippen LogP contribution is -2.18. The Labute approximate surface area is 138 Å². The van der Waals surface area contributed by atoms with E-state index in [9.17, 15) is 0 Å². The van der Waals surface area contributed by atoms with Crippen LogP contribution in [0.5, 0.6) is 0 Å². The molecule has 2 aliphatic rings. The first-order valence-corrected chi connectivity index (χ1v) is 9.86. The highest BCUT2D eigenvalue weighted by Crippen LogP contribution is 2.38. The molecule has 0 aliphatic heterocycles. The van der Waals surface area contributed by atoms with Gasteiger partial charge in [-0.1, -0.05) is 83.6 Å². The van der Waals surface area contributed by atoms with Crippen LogP contribution in [0.4, 0.5) is 0 Å². The second-order valence-corrected chi connectivity index (χ2v) is 7.87. The van der Waals surface area contributed by atoms with E-state index in [1.165, 1.54) is 77.0 Å². The van der Waals surface area contributed by atoms with Crippen molar-refractivity contribution in [3.8, 4) is 6.07 Å². The van der Waals surface area contributed by atoms with E-state index >= 15 is 0 Å². The van der Waals surface area contributed by atoms with Gasteiger partial charge >= 0.3 is 0 Å². The van der Waals surface area contributed by atoms with Gasteiger partial charge in [0.05, 0.1) is 6.07 Å². The van der Waals surface area contributed by atoms with Crippen LogP contribution in [0.25, 0.3) is 0 Å². The van der Waals surface area contributed by atoms with Crippen LogP contribution in [0, 0.1) is 35.0 Å². The quantitative estimate of drug-likeness (QED) is 0.483. The third kappa shape index (κ3) is 6.15. The molecular weight excluding hydrogens is 266 g/mol. The van der Waals surface area contributed by atoms with Crippen molar-refractivity contribution in [3.05, 3.63) is 12.2 Å². The fraction of sp³-hybridized carbons (Fsp3) is 0.857. The van der Waals surface area contributed by atoms with Crippen molar-refractivity contribution >= 4 is 0 Å². The van der Waals surface area contributed by atoms with Crippen LogP contribution in [-0.4, -0.2) is 0 Å². The Kier molecular flexibility index (Phi) is 8.06. The van der Waals surface area contributed by atoms with Crippen molar-refractivity contribution in [2.24, 2.45) is 23.7 Å². The van der Waals surface area contributed by atoms with E-state index in [-0.39, 0.29) is 0 Å². The van der Waals surface area contributed by atoms with Crippen LogP contribution in [0.2, 0.25) is 0 Å². The second kappa shape index (κ2) is 10.1. The van der Waals surface area contributed by atoms with Crippen LogP contribution >= 0.6 is 0 Å². The Morgan fingerprint density at radius 2 is 1.23 bits per heavy atom. The van der Waals surface area contributed by atoms with E-state index in [2.05, 4.69) is 13.0 Å². The average molecular weight is 302 g/mol. The summed E-state index contributed by atoms with van der Waals surface area (Å²) in [4.78, 5) is 0. The third-order valence-corrected chi connectivity index (χ3v) is 6.43. The lowest BCUT2D eigenvalue weighted by atomic mass is 9.74. The Balaban J connectivity index is 1.54. The molecule has 0 atom stereocenters. The fourth-order valence-electron chi connectivity index (χ4n) is 4.68. The van der Waals surface area contributed by atoms with Crippen molar-refractivity contribution in [3.63, 3.8) is 0 Å². The zero-order chi connectivity index (χ0) is 15.6. The van der Waals surface area contributed by atoms with Crippen molar-refractivity contribution in [2.45, 2.75) is 90.4 Å². The monoisotopic (exact) mass is 301 g/mol. The molecule has 2 aliphatic carbocycles. The van der Waals surface area contributed by atoms with Crippen LogP contribution in [0.15, 0.2) is 12.2 Å². The number of rotatable bonds is 7. The maximum atomic E-state index is 8.50. The number of allylic oxidation sites excluding steroid dienone is 2. The van der Waals surface area contributed by atoms with Crippen molar-refractivity contribution in [1.82, 2.24) is 0 Å². The van der Waals surface area contributed by atoms with E-state index in [0.717, 1.165) is 30.1 Å². The Bertz CT molecular complexity index is 349. The first-order valence-electron chi connectivity index (χ1n) is 9.86. The van der Waals surface area contributed by atoms with Gasteiger partial charge in [-0.05, 0) is 36.5 Å². The highest BCUT2D eigenvalue weighted by Gasteiger charge is 2.24. The van der Waals surface area contributed by atoms with E-state index in [0.29, 0.717) is 0 Å². The van der Waals surface area contributed by atoms with Crippen LogP contribution in [-0.2, 0) is 0 Å². The summed E-state index contributed by atoms with van der Waals surface area (Å²) < 4.78 is 0. The van der Waals surface area contributed by atoms with E-state index in [4.69, 9.17) is 5.26 Å². The third-order valence-electron chi connectivity index (χ3n) is 6.43. The van der Waals surface area contributed by atoms with Gasteiger partial charge in [0.2, 0.25) is 0 Å². The SMILES string of the molecule is CC[C@H]1CC[C@H](CC[C@H]2CC[C@H](CCC=CC#N)CC2)CC1. The number of nitriles is 1. The predicted octanol–water partition coefficient (Wildman–Crippen LogP) is 6.65. The molecule has 2 fully saturated rings. The molecule has 0 unspecified atom stereocenters. The summed E-state index contributed by atoms with van der Waals surface area (Å²) in [5.41, 5.74) is 0. The molecule has 2 saturated carbocycles. The predicted molar refractivity (Wildman–Crippen MR) is 94.4 cm³/mol. The zero-order valence-corrected chi connectivity index (χ0v) is 14.6. The molecule has 0 N–H and O–H groups in total. The Morgan fingerprint density at radius 1 is 0.773 bits per heavy atom. The largest absolute Gasteiger partial charge is 0.193 e. The molecule has 1 heteroatoms. The van der Waals surface area contributed by atoms with Crippen LogP contribution in [0.3, 0.4) is 0 Å². The van der Waals surface area contributed by atoms with E-state index in [1.54, 1.807) is 6.08 Å². The highest BCUT2D eigenvalue weighted by atomic mass is 14.3. The zero-order valence-electron chi connectivity index (χ0n) is 14.6. The van der Waals surface area contributed by atoms with Gasteiger partial charge < -0.3 is 0 Å². The first kappa shape index (κ1) is 17.6. The second-order valence-electron chi connectivity index (χ2n) is 7.87. The van der Waals surface area contributed by atoms with E-state index < -0.39 is 0 Å². The summed E-state index contributed by atoms with van der Waals surface area (Å²) in [5.74, 6) is 4.05. The number of hydrogen-bond acceptors (Lipinski definition) is 1. The van der Waals surface area contributed by atoms with Crippen LogP contribution in [0.1, 0.15) is 90.4 Å². The van der Waals surface area contributed by atoms with E-state index in [1.807, 2.05) is 6.08 Å². The summed E-state index contributed by atoms with van der Waals surface area (Å²) in [6.45, 7) is 2.36. The van der Waals surface area contributed by atoms with Gasteiger partial charge in [0.25, 0.3) is 0 Å². The Morgan fingerprint density at radius 3 is 1.68 bits per heavy atom. The fourth-order valence-corrected chi connectivity index (χ4v) is 4.68. The molecule has 0 radical (unpaired) electrons. The first-order chi connectivity index (χ1) is 10.8. The molecule has 0 aromatic heterocycles. The summed E-state index contributed by atoms with van der Waals surface area (Å²) >= 11 is 0. The van der Waals surface area contributed by atoms with Gasteiger partial charge in [-0.2, -0.15) is 5.26 Å². The smallest absolute Gasteiger partial charge is 0.0908 e. The molecule has 2 rings (SSSR count). The molecular formula is C21H35N. The molecule has 0 heterocycles. The average Bonchev–Trinajstić information content (AvgIpc) is 2.58. The van der Waals surface area contributed by atoms with Gasteiger partial charge in [-0.3, -0.25) is 0 Å². The summed E-state index contributed by atoms with van der Waals surface area (Å²) in [5, 5.41) is 8.50. The highest BCUT2D eigenvalue weighted by molar-refractivity contribution is 5.01. The lowest BCUT2D eigenvalue weighted by molar-refractivity contribution is 0.212. The maximum Gasteiger partial charge on any atom is 0.0908 e. The number of nitrogens with zero attached hydrogens (tertiary/aromatic N) is 1. The summed E-state index contributed by atoms with van der Waals surface area (Å²) in [7, 11) is 0. The van der Waals surface area contributed by atoms with Gasteiger partial charge in [-0.25, -0.2) is 0 Å². The van der Waals surface area contributed by atoms with Gasteiger partial charge in [0.1, 0.15) is 0 Å². The number of hydrogen-bond donors (Lipinski definition) is 0. The molecule has 1 nitrogen and oxygen atoms in total. The van der Waals surface area contributed by atoms with Gasteiger partial charge in [0.15, 0.2) is 0 Å². The van der Waals surface area contributed by atoms with Gasteiger partial charge in [0, 0.05) is 6.08 Å². The molecule has 0 aromatic carbocycles. The standard InChI is InChI=1S/C21H35N/c1-2-18-7-9-20(10-8-18)15-16-21-13-11-19(12-14-21)6-4-3-5-17-22/h3,5,18-21H,2,4,6-16H2,1H3/t18-,19-,20-,21-. The molecule has 0 aromatic rings. The maximum absolute atomic E-state index is 8.50. The molecule has 0 amide bonds. The molecule has 22 heavy (non-hydrogen) atoms.